The Kier molecular flexibility index (Phi) is 5.40. The molecule has 0 radical (unpaired) electrons. The fourth-order valence-corrected chi connectivity index (χ4v) is 3.01. The Bertz CT molecular complexity index is 1170. The third-order valence-corrected chi connectivity index (χ3v) is 4.45. The van der Waals surface area contributed by atoms with Crippen molar-refractivity contribution in [1.82, 2.24) is 4.98 Å². The number of hydrogen-bond donors (Lipinski definition) is 2. The van der Waals surface area contributed by atoms with Crippen LogP contribution in [-0.4, -0.2) is 20.7 Å². The summed E-state index contributed by atoms with van der Waals surface area (Å²) in [5.74, 6) is -14.7. The predicted octanol–water partition coefficient (Wildman–Crippen LogP) is 3.83. The number of esters is 1. The van der Waals surface area contributed by atoms with Crippen LogP contribution in [0.5, 0.6) is 5.75 Å². The average molecular weight is 433 g/mol. The number of halogens is 5. The van der Waals surface area contributed by atoms with Crippen molar-refractivity contribution in [3.63, 3.8) is 0 Å². The molecule has 0 aliphatic rings. The second-order valence-electron chi connectivity index (χ2n) is 5.82. The molecule has 0 saturated heterocycles. The fraction of sp³-hybridized carbons (Fsp3) is 0.0588. The summed E-state index contributed by atoms with van der Waals surface area (Å²) in [5, 5.41) is 0.451. The second kappa shape index (κ2) is 7.51. The third kappa shape index (κ3) is 4.26. The molecule has 6 nitrogen and oxygen atoms in total. The molecule has 0 bridgehead atoms. The molecule has 2 N–H and O–H groups in total. The van der Waals surface area contributed by atoms with Crippen molar-refractivity contribution < 1.29 is 45.8 Å². The third-order valence-electron chi connectivity index (χ3n) is 3.72. The van der Waals surface area contributed by atoms with Gasteiger partial charge in [0.05, 0.1) is 22.9 Å². The van der Waals surface area contributed by atoms with E-state index in [2.05, 4.69) is 9.72 Å². The standard InChI is InChI=1S/C17H9F5NO5P/c18-11-12(19)14(21)16(15(22)13(11)20)28-17(24)8-2-1-7-3-4-9(6-29(25,26)27)23-10(7)5-8/h1-5H,6H2,(H2,25,26,27). The molecule has 29 heavy (non-hydrogen) atoms. The molecule has 0 aliphatic heterocycles. The van der Waals surface area contributed by atoms with E-state index in [1.807, 2.05) is 0 Å². The van der Waals surface area contributed by atoms with Crippen LogP contribution in [0.4, 0.5) is 22.0 Å². The van der Waals surface area contributed by atoms with E-state index >= 15 is 0 Å². The van der Waals surface area contributed by atoms with E-state index in [9.17, 15) is 31.3 Å². The van der Waals surface area contributed by atoms with Crippen LogP contribution in [0, 0.1) is 29.1 Å². The maximum absolute atomic E-state index is 13.7. The summed E-state index contributed by atoms with van der Waals surface area (Å²) >= 11 is 0. The van der Waals surface area contributed by atoms with Crippen LogP contribution in [0.25, 0.3) is 10.9 Å². The number of carbonyl (C=O) groups is 1. The number of pyridine rings is 1. The lowest BCUT2D eigenvalue weighted by atomic mass is 10.1. The zero-order chi connectivity index (χ0) is 21.5. The highest BCUT2D eigenvalue weighted by Gasteiger charge is 2.29. The van der Waals surface area contributed by atoms with Crippen molar-refractivity contribution in [1.29, 1.82) is 0 Å². The summed E-state index contributed by atoms with van der Waals surface area (Å²) < 4.78 is 82.2. The second-order valence-corrected chi connectivity index (χ2v) is 7.47. The molecule has 3 rings (SSSR count). The van der Waals surface area contributed by atoms with Crippen molar-refractivity contribution in [3.05, 3.63) is 70.7 Å². The Labute approximate surface area is 158 Å². The van der Waals surface area contributed by atoms with Crippen LogP contribution in [0.3, 0.4) is 0 Å². The molecule has 0 saturated carbocycles. The highest BCUT2D eigenvalue weighted by Crippen LogP contribution is 2.38. The summed E-state index contributed by atoms with van der Waals surface area (Å²) in [6.07, 6.45) is -0.665. The molecule has 0 atom stereocenters. The maximum Gasteiger partial charge on any atom is 0.343 e. The van der Waals surface area contributed by atoms with Crippen molar-refractivity contribution in [2.24, 2.45) is 0 Å². The summed E-state index contributed by atoms with van der Waals surface area (Å²) in [6, 6.07) is 6.40. The minimum absolute atomic E-state index is 0.0103. The topological polar surface area (TPSA) is 96.7 Å². The summed E-state index contributed by atoms with van der Waals surface area (Å²) in [7, 11) is -4.41. The Morgan fingerprint density at radius 1 is 0.931 bits per heavy atom. The number of aromatic nitrogens is 1. The van der Waals surface area contributed by atoms with Gasteiger partial charge in [-0.15, -0.1) is 0 Å². The fourth-order valence-electron chi connectivity index (χ4n) is 2.41. The molecule has 1 aromatic heterocycles. The molecule has 152 valence electrons. The first-order valence-electron chi connectivity index (χ1n) is 7.66. The average Bonchev–Trinajstić information content (AvgIpc) is 2.66. The van der Waals surface area contributed by atoms with Gasteiger partial charge in [0.2, 0.25) is 34.8 Å². The van der Waals surface area contributed by atoms with Gasteiger partial charge in [-0.05, 0) is 18.2 Å². The van der Waals surface area contributed by atoms with Crippen molar-refractivity contribution in [3.8, 4) is 5.75 Å². The van der Waals surface area contributed by atoms with Gasteiger partial charge in [0.15, 0.2) is 0 Å². The van der Waals surface area contributed by atoms with Crippen LogP contribution < -0.4 is 4.74 Å². The van der Waals surface area contributed by atoms with Gasteiger partial charge in [-0.2, -0.15) is 8.78 Å². The van der Waals surface area contributed by atoms with Gasteiger partial charge in [0.1, 0.15) is 0 Å². The predicted molar refractivity (Wildman–Crippen MR) is 88.7 cm³/mol. The molecule has 0 spiro atoms. The highest BCUT2D eigenvalue weighted by molar-refractivity contribution is 7.50. The Morgan fingerprint density at radius 3 is 2.07 bits per heavy atom. The lowest BCUT2D eigenvalue weighted by Gasteiger charge is -2.09. The smallest absolute Gasteiger partial charge is 0.343 e. The lowest BCUT2D eigenvalue weighted by molar-refractivity contribution is 0.0716. The zero-order valence-electron chi connectivity index (χ0n) is 14.0. The van der Waals surface area contributed by atoms with Gasteiger partial charge in [-0.1, -0.05) is 12.1 Å². The van der Waals surface area contributed by atoms with Crippen LogP contribution >= 0.6 is 7.60 Å². The van der Waals surface area contributed by atoms with Gasteiger partial charge in [-0.25, -0.2) is 18.0 Å². The molecule has 0 unspecified atom stereocenters. The zero-order valence-corrected chi connectivity index (χ0v) is 14.9. The van der Waals surface area contributed by atoms with Crippen molar-refractivity contribution >= 4 is 24.5 Å². The first-order valence-corrected chi connectivity index (χ1v) is 9.45. The molecule has 2 aromatic carbocycles. The lowest BCUT2D eigenvalue weighted by Crippen LogP contribution is -2.13. The molecular formula is C17H9F5NO5P. The van der Waals surface area contributed by atoms with Gasteiger partial charge in [-0.3, -0.25) is 9.55 Å². The van der Waals surface area contributed by atoms with Gasteiger partial charge < -0.3 is 14.5 Å². The van der Waals surface area contributed by atoms with E-state index in [-0.39, 0.29) is 16.8 Å². The minimum atomic E-state index is -4.41. The Balaban J connectivity index is 1.97. The van der Waals surface area contributed by atoms with E-state index in [0.29, 0.717) is 5.39 Å². The Morgan fingerprint density at radius 2 is 1.48 bits per heavy atom. The first-order chi connectivity index (χ1) is 13.5. The molecule has 0 fully saturated rings. The summed E-state index contributed by atoms with van der Waals surface area (Å²) in [5.41, 5.74) is -0.249. The van der Waals surface area contributed by atoms with Crippen LogP contribution in [-0.2, 0) is 10.7 Å². The number of ether oxygens (including phenoxy) is 1. The number of fused-ring (bicyclic) bond motifs is 1. The number of nitrogens with zero attached hydrogens (tertiary/aromatic N) is 1. The number of carbonyl (C=O) groups excluding carboxylic acids is 1. The number of hydrogen-bond acceptors (Lipinski definition) is 4. The number of benzene rings is 2. The van der Waals surface area contributed by atoms with E-state index < -0.39 is 54.6 Å². The summed E-state index contributed by atoms with van der Waals surface area (Å²) in [6.45, 7) is 0. The number of rotatable bonds is 4. The van der Waals surface area contributed by atoms with E-state index in [4.69, 9.17) is 9.79 Å². The quantitative estimate of drug-likeness (QED) is 0.162. The van der Waals surface area contributed by atoms with E-state index in [1.54, 1.807) is 0 Å². The van der Waals surface area contributed by atoms with Crippen LogP contribution in [0.1, 0.15) is 16.1 Å². The molecule has 1 heterocycles. The summed E-state index contributed by atoms with van der Waals surface area (Å²) in [4.78, 5) is 34.1. The molecule has 0 amide bonds. The first kappa shape index (κ1) is 20.8. The van der Waals surface area contributed by atoms with E-state index in [1.165, 1.54) is 18.2 Å². The largest absolute Gasteiger partial charge is 0.416 e. The molecular weight excluding hydrogens is 424 g/mol. The normalized spacial score (nSPS) is 11.7. The van der Waals surface area contributed by atoms with Crippen molar-refractivity contribution in [2.75, 3.05) is 0 Å². The van der Waals surface area contributed by atoms with Gasteiger partial charge >= 0.3 is 13.6 Å². The maximum atomic E-state index is 13.7. The molecule has 12 heteroatoms. The molecule has 0 aliphatic carbocycles. The minimum Gasteiger partial charge on any atom is -0.416 e. The Hall–Kier alpha value is -2.88. The van der Waals surface area contributed by atoms with Crippen LogP contribution in [0.2, 0.25) is 0 Å². The van der Waals surface area contributed by atoms with E-state index in [0.717, 1.165) is 12.1 Å². The van der Waals surface area contributed by atoms with Gasteiger partial charge in [0.25, 0.3) is 0 Å². The van der Waals surface area contributed by atoms with Crippen molar-refractivity contribution in [2.45, 2.75) is 6.16 Å². The highest BCUT2D eigenvalue weighted by atomic mass is 31.2. The van der Waals surface area contributed by atoms with Gasteiger partial charge in [0, 0.05) is 5.39 Å². The molecule has 3 aromatic rings. The van der Waals surface area contributed by atoms with Crippen LogP contribution in [0.15, 0.2) is 30.3 Å². The monoisotopic (exact) mass is 433 g/mol. The SMILES string of the molecule is O=C(Oc1c(F)c(F)c(F)c(F)c1F)c1ccc2ccc(CP(=O)(O)O)nc2c1.